The van der Waals surface area contributed by atoms with Crippen molar-refractivity contribution in [3.05, 3.63) is 30.1 Å². The molecule has 1 unspecified atom stereocenters. The Balaban J connectivity index is 2.36. The van der Waals surface area contributed by atoms with Crippen LogP contribution < -0.4 is 15.5 Å². The Hall–Kier alpha value is -2.16. The van der Waals surface area contributed by atoms with E-state index in [9.17, 15) is 27.2 Å². The van der Waals surface area contributed by atoms with Gasteiger partial charge in [-0.25, -0.2) is 4.39 Å². The summed E-state index contributed by atoms with van der Waals surface area (Å²) in [5.41, 5.74) is 0.263. The van der Waals surface area contributed by atoms with Crippen molar-refractivity contribution in [2.24, 2.45) is 0 Å². The third-order valence-corrected chi connectivity index (χ3v) is 2.52. The van der Waals surface area contributed by atoms with Gasteiger partial charge < -0.3 is 15.5 Å². The van der Waals surface area contributed by atoms with E-state index in [1.807, 2.05) is 0 Å². The maximum absolute atomic E-state index is 12.9. The van der Waals surface area contributed by atoms with Crippen molar-refractivity contribution in [1.29, 1.82) is 0 Å². The molecule has 2 amide bonds. The minimum absolute atomic E-state index is 0.143. The maximum Gasteiger partial charge on any atom is 0.405 e. The van der Waals surface area contributed by atoms with Gasteiger partial charge in [0.05, 0.1) is 7.05 Å². The highest BCUT2D eigenvalue weighted by Crippen LogP contribution is 2.11. The molecule has 0 aliphatic heterocycles. The molecule has 0 spiro atoms. The first kappa shape index (κ1) is 17.9. The number of anilines is 1. The molecular weight excluding hydrogens is 306 g/mol. The molecule has 1 rings (SSSR count). The number of hydrogen-bond donors (Lipinski definition) is 3. The Morgan fingerprint density at radius 1 is 1.18 bits per heavy atom. The van der Waals surface area contributed by atoms with Crippen molar-refractivity contribution in [3.8, 4) is 0 Å². The molecule has 0 aromatic heterocycles. The van der Waals surface area contributed by atoms with Crippen molar-refractivity contribution < 1.29 is 32.1 Å². The SMILES string of the molecule is C[NH+](CC(=O)NCC(F)(F)F)CC(=O)Nc1cccc(F)c1. The Bertz CT molecular complexity index is 534. The minimum Gasteiger partial charge on any atom is -0.342 e. The lowest BCUT2D eigenvalue weighted by Gasteiger charge is -2.14. The normalized spacial score (nSPS) is 12.6. The smallest absolute Gasteiger partial charge is 0.342 e. The van der Waals surface area contributed by atoms with Crippen LogP contribution in [0.25, 0.3) is 0 Å². The number of halogens is 4. The Morgan fingerprint density at radius 2 is 1.82 bits per heavy atom. The van der Waals surface area contributed by atoms with E-state index in [1.54, 1.807) is 5.32 Å². The highest BCUT2D eigenvalue weighted by atomic mass is 19.4. The quantitative estimate of drug-likeness (QED) is 0.644. The molecule has 3 N–H and O–H groups in total. The largest absolute Gasteiger partial charge is 0.405 e. The number of carbonyl (C=O) groups is 2. The van der Waals surface area contributed by atoms with E-state index in [0.29, 0.717) is 4.90 Å². The number of benzene rings is 1. The molecule has 0 aliphatic carbocycles. The number of carbonyl (C=O) groups excluding carboxylic acids is 2. The molecule has 1 aromatic rings. The zero-order valence-electron chi connectivity index (χ0n) is 11.8. The van der Waals surface area contributed by atoms with E-state index < -0.39 is 30.4 Å². The number of nitrogens with one attached hydrogen (secondary N) is 3. The van der Waals surface area contributed by atoms with Crippen LogP contribution in [0.15, 0.2) is 24.3 Å². The van der Waals surface area contributed by atoms with Gasteiger partial charge in [0.15, 0.2) is 13.1 Å². The number of quaternary nitrogens is 1. The molecule has 0 bridgehead atoms. The number of amides is 2. The summed E-state index contributed by atoms with van der Waals surface area (Å²) >= 11 is 0. The van der Waals surface area contributed by atoms with Crippen LogP contribution in [0.1, 0.15) is 0 Å². The molecule has 1 aromatic carbocycles. The molecular formula is C13H16F4N3O2+. The first-order chi connectivity index (χ1) is 10.2. The van der Waals surface area contributed by atoms with Gasteiger partial charge in [-0.05, 0) is 18.2 Å². The number of hydrogen-bond acceptors (Lipinski definition) is 2. The van der Waals surface area contributed by atoms with E-state index >= 15 is 0 Å². The molecule has 22 heavy (non-hydrogen) atoms. The predicted octanol–water partition coefficient (Wildman–Crippen LogP) is -0.0426. The van der Waals surface area contributed by atoms with Gasteiger partial charge in [0.2, 0.25) is 0 Å². The highest BCUT2D eigenvalue weighted by Gasteiger charge is 2.28. The first-order valence-electron chi connectivity index (χ1n) is 6.36. The second-order valence-corrected chi connectivity index (χ2v) is 4.76. The van der Waals surface area contributed by atoms with Crippen LogP contribution in [0.3, 0.4) is 0 Å². The van der Waals surface area contributed by atoms with Crippen molar-refractivity contribution in [1.82, 2.24) is 5.32 Å². The van der Waals surface area contributed by atoms with Gasteiger partial charge in [-0.1, -0.05) is 6.07 Å². The van der Waals surface area contributed by atoms with E-state index in [0.717, 1.165) is 6.07 Å². The van der Waals surface area contributed by atoms with Gasteiger partial charge in [-0.15, -0.1) is 0 Å². The van der Waals surface area contributed by atoms with E-state index in [4.69, 9.17) is 0 Å². The second kappa shape index (κ2) is 7.74. The Kier molecular flexibility index (Phi) is 6.29. The van der Waals surface area contributed by atoms with Crippen molar-refractivity contribution >= 4 is 17.5 Å². The lowest BCUT2D eigenvalue weighted by atomic mass is 10.3. The average molecular weight is 322 g/mol. The van der Waals surface area contributed by atoms with Crippen LogP contribution >= 0.6 is 0 Å². The summed E-state index contributed by atoms with van der Waals surface area (Å²) in [5.74, 6) is -1.80. The first-order valence-corrected chi connectivity index (χ1v) is 6.36. The topological polar surface area (TPSA) is 62.6 Å². The summed E-state index contributed by atoms with van der Waals surface area (Å²) in [4.78, 5) is 23.3. The molecule has 122 valence electrons. The lowest BCUT2D eigenvalue weighted by Crippen LogP contribution is -3.11. The Morgan fingerprint density at radius 3 is 2.41 bits per heavy atom. The van der Waals surface area contributed by atoms with Crippen LogP contribution in [0.2, 0.25) is 0 Å². The van der Waals surface area contributed by atoms with Gasteiger partial charge in [-0.3, -0.25) is 9.59 Å². The average Bonchev–Trinajstić information content (AvgIpc) is 2.35. The molecule has 0 aliphatic rings. The monoisotopic (exact) mass is 322 g/mol. The summed E-state index contributed by atoms with van der Waals surface area (Å²) < 4.78 is 48.7. The zero-order valence-corrected chi connectivity index (χ0v) is 11.8. The highest BCUT2D eigenvalue weighted by molar-refractivity contribution is 5.91. The lowest BCUT2D eigenvalue weighted by molar-refractivity contribution is -0.862. The molecule has 0 radical (unpaired) electrons. The molecule has 0 saturated carbocycles. The number of likely N-dealkylation sites (N-methyl/N-ethyl adjacent to an activating group) is 1. The number of alkyl halides is 3. The van der Waals surface area contributed by atoms with Gasteiger partial charge in [0, 0.05) is 5.69 Å². The predicted molar refractivity (Wildman–Crippen MR) is 70.7 cm³/mol. The van der Waals surface area contributed by atoms with Crippen LogP contribution in [0, 0.1) is 5.82 Å². The fraction of sp³-hybridized carbons (Fsp3) is 0.385. The summed E-state index contributed by atoms with van der Waals surface area (Å²) in [7, 11) is 1.48. The van der Waals surface area contributed by atoms with Crippen molar-refractivity contribution in [2.75, 3.05) is 32.0 Å². The third-order valence-electron chi connectivity index (χ3n) is 2.52. The van der Waals surface area contributed by atoms with Gasteiger partial charge in [0.25, 0.3) is 11.8 Å². The zero-order chi connectivity index (χ0) is 16.8. The maximum atomic E-state index is 12.9. The third kappa shape index (κ3) is 7.58. The van der Waals surface area contributed by atoms with E-state index in [2.05, 4.69) is 5.32 Å². The van der Waals surface area contributed by atoms with Crippen LogP contribution in [0.4, 0.5) is 23.2 Å². The Labute approximate surface area is 124 Å². The molecule has 9 heteroatoms. The fourth-order valence-corrected chi connectivity index (χ4v) is 1.64. The van der Waals surface area contributed by atoms with Crippen molar-refractivity contribution in [3.63, 3.8) is 0 Å². The number of rotatable bonds is 6. The molecule has 0 heterocycles. The van der Waals surface area contributed by atoms with Gasteiger partial charge >= 0.3 is 6.18 Å². The minimum atomic E-state index is -4.47. The standard InChI is InChI=1S/C13H15F4N3O2/c1-20(6-11(21)18-8-13(15,16)17)7-12(22)19-10-4-2-3-9(14)5-10/h2-5H,6-8H2,1H3,(H,18,21)(H,19,22)/p+1. The molecule has 0 fully saturated rings. The van der Waals surface area contributed by atoms with Gasteiger partial charge in [-0.2, -0.15) is 13.2 Å². The van der Waals surface area contributed by atoms with Gasteiger partial charge in [0.1, 0.15) is 12.4 Å². The molecule has 0 saturated heterocycles. The summed E-state index contributed by atoms with van der Waals surface area (Å²) in [6.07, 6.45) is -4.47. The van der Waals surface area contributed by atoms with E-state index in [-0.39, 0.29) is 18.8 Å². The fourth-order valence-electron chi connectivity index (χ4n) is 1.64. The van der Waals surface area contributed by atoms with Crippen molar-refractivity contribution in [2.45, 2.75) is 6.18 Å². The summed E-state index contributed by atoms with van der Waals surface area (Å²) in [5, 5.41) is 4.15. The van der Waals surface area contributed by atoms with Crippen LogP contribution in [-0.2, 0) is 9.59 Å². The van der Waals surface area contributed by atoms with Crippen LogP contribution in [0.5, 0.6) is 0 Å². The summed E-state index contributed by atoms with van der Waals surface area (Å²) in [6, 6.07) is 5.26. The van der Waals surface area contributed by atoms with E-state index in [1.165, 1.54) is 25.2 Å². The summed E-state index contributed by atoms with van der Waals surface area (Å²) in [6.45, 7) is -1.84. The molecule has 1 atom stereocenters. The van der Waals surface area contributed by atoms with Crippen LogP contribution in [-0.4, -0.2) is 44.7 Å². The second-order valence-electron chi connectivity index (χ2n) is 4.76. The molecule has 5 nitrogen and oxygen atoms in total.